The van der Waals surface area contributed by atoms with Crippen LogP contribution in [0.5, 0.6) is 0 Å². The standard InChI is InChI=1S/C15H17N5/c1-11(13-7-18-19-8-13)20-10-17-9-14(20)15(16)12-5-3-2-4-6-12/h2-11,15H,16H2,1H3,(H,18,19). The molecule has 0 spiro atoms. The van der Waals surface area contributed by atoms with E-state index in [1.807, 2.05) is 55.2 Å². The molecule has 3 aromatic rings. The summed E-state index contributed by atoms with van der Waals surface area (Å²) in [6.07, 6.45) is 7.36. The van der Waals surface area contributed by atoms with Gasteiger partial charge in [0.25, 0.3) is 0 Å². The summed E-state index contributed by atoms with van der Waals surface area (Å²) in [5, 5.41) is 6.83. The maximum absolute atomic E-state index is 6.37. The first kappa shape index (κ1) is 12.6. The number of imidazole rings is 1. The van der Waals surface area contributed by atoms with Gasteiger partial charge >= 0.3 is 0 Å². The van der Waals surface area contributed by atoms with Gasteiger partial charge in [-0.05, 0) is 12.5 Å². The number of benzene rings is 1. The molecule has 0 aliphatic carbocycles. The second-order valence-electron chi connectivity index (χ2n) is 4.82. The van der Waals surface area contributed by atoms with Crippen molar-refractivity contribution in [3.05, 3.63) is 72.1 Å². The number of hydrogen-bond donors (Lipinski definition) is 2. The summed E-state index contributed by atoms with van der Waals surface area (Å²) in [7, 11) is 0. The Labute approximate surface area is 117 Å². The van der Waals surface area contributed by atoms with Crippen LogP contribution in [0.15, 0.2) is 55.2 Å². The molecule has 102 valence electrons. The van der Waals surface area contributed by atoms with Crippen molar-refractivity contribution >= 4 is 0 Å². The molecule has 2 heterocycles. The monoisotopic (exact) mass is 267 g/mol. The number of nitrogens with zero attached hydrogens (tertiary/aromatic N) is 3. The lowest BCUT2D eigenvalue weighted by Gasteiger charge is -2.19. The highest BCUT2D eigenvalue weighted by molar-refractivity contribution is 5.27. The Morgan fingerprint density at radius 1 is 1.15 bits per heavy atom. The maximum Gasteiger partial charge on any atom is 0.0954 e. The molecule has 20 heavy (non-hydrogen) atoms. The largest absolute Gasteiger partial charge is 0.325 e. The van der Waals surface area contributed by atoms with Gasteiger partial charge in [-0.15, -0.1) is 0 Å². The van der Waals surface area contributed by atoms with Crippen LogP contribution >= 0.6 is 0 Å². The summed E-state index contributed by atoms with van der Waals surface area (Å²) in [6, 6.07) is 10.00. The lowest BCUT2D eigenvalue weighted by Crippen LogP contribution is -2.18. The van der Waals surface area contributed by atoms with Gasteiger partial charge in [-0.2, -0.15) is 5.10 Å². The molecule has 0 aliphatic rings. The zero-order valence-electron chi connectivity index (χ0n) is 11.3. The van der Waals surface area contributed by atoms with Gasteiger partial charge in [-0.3, -0.25) is 5.10 Å². The lowest BCUT2D eigenvalue weighted by molar-refractivity contribution is 0.591. The smallest absolute Gasteiger partial charge is 0.0954 e. The molecule has 2 unspecified atom stereocenters. The van der Waals surface area contributed by atoms with Crippen LogP contribution in [0.4, 0.5) is 0 Å². The fraction of sp³-hybridized carbons (Fsp3) is 0.200. The van der Waals surface area contributed by atoms with E-state index in [0.717, 1.165) is 16.8 Å². The Hall–Kier alpha value is -2.40. The molecule has 0 amide bonds. The van der Waals surface area contributed by atoms with Crippen LogP contribution in [0.25, 0.3) is 0 Å². The molecule has 3 N–H and O–H groups in total. The highest BCUT2D eigenvalue weighted by Gasteiger charge is 2.18. The van der Waals surface area contributed by atoms with Crippen molar-refractivity contribution in [2.75, 3.05) is 0 Å². The molecule has 0 saturated carbocycles. The summed E-state index contributed by atoms with van der Waals surface area (Å²) >= 11 is 0. The summed E-state index contributed by atoms with van der Waals surface area (Å²) in [6.45, 7) is 2.10. The van der Waals surface area contributed by atoms with Crippen LogP contribution in [0, 0.1) is 0 Å². The van der Waals surface area contributed by atoms with Crippen molar-refractivity contribution in [1.29, 1.82) is 0 Å². The predicted molar refractivity (Wildman–Crippen MR) is 77.1 cm³/mol. The van der Waals surface area contributed by atoms with Gasteiger partial charge in [0.05, 0.1) is 36.5 Å². The average Bonchev–Trinajstić information content (AvgIpc) is 3.18. The third kappa shape index (κ3) is 2.23. The normalized spacial score (nSPS) is 14.1. The van der Waals surface area contributed by atoms with Crippen LogP contribution in [-0.2, 0) is 0 Å². The highest BCUT2D eigenvalue weighted by atomic mass is 15.1. The summed E-state index contributed by atoms with van der Waals surface area (Å²) in [4.78, 5) is 4.25. The van der Waals surface area contributed by atoms with Crippen LogP contribution in [0.2, 0.25) is 0 Å². The zero-order chi connectivity index (χ0) is 13.9. The lowest BCUT2D eigenvalue weighted by atomic mass is 10.0. The van der Waals surface area contributed by atoms with E-state index in [0.29, 0.717) is 0 Å². The molecule has 0 fully saturated rings. The van der Waals surface area contributed by atoms with Crippen molar-refractivity contribution in [2.24, 2.45) is 5.73 Å². The zero-order valence-corrected chi connectivity index (χ0v) is 11.3. The Bertz CT molecular complexity index is 657. The Morgan fingerprint density at radius 2 is 1.95 bits per heavy atom. The van der Waals surface area contributed by atoms with E-state index in [9.17, 15) is 0 Å². The number of H-pyrrole nitrogens is 1. The minimum absolute atomic E-state index is 0.140. The fourth-order valence-corrected chi connectivity index (χ4v) is 2.36. The average molecular weight is 267 g/mol. The van der Waals surface area contributed by atoms with Crippen molar-refractivity contribution in [1.82, 2.24) is 19.7 Å². The van der Waals surface area contributed by atoms with Gasteiger partial charge < -0.3 is 10.3 Å². The van der Waals surface area contributed by atoms with E-state index in [-0.39, 0.29) is 12.1 Å². The molecule has 3 rings (SSSR count). The number of nitrogens with one attached hydrogen (secondary N) is 1. The number of hydrogen-bond acceptors (Lipinski definition) is 3. The fourth-order valence-electron chi connectivity index (χ4n) is 2.36. The number of aromatic amines is 1. The molecule has 0 radical (unpaired) electrons. The van der Waals surface area contributed by atoms with Crippen LogP contribution in [0.3, 0.4) is 0 Å². The van der Waals surface area contributed by atoms with E-state index in [1.54, 1.807) is 0 Å². The van der Waals surface area contributed by atoms with Gasteiger partial charge in [0.2, 0.25) is 0 Å². The van der Waals surface area contributed by atoms with Gasteiger partial charge in [0.15, 0.2) is 0 Å². The second kappa shape index (κ2) is 5.30. The molecule has 2 aromatic heterocycles. The van der Waals surface area contributed by atoms with E-state index in [4.69, 9.17) is 5.73 Å². The summed E-state index contributed by atoms with van der Waals surface area (Å²) in [5.74, 6) is 0. The predicted octanol–water partition coefficient (Wildman–Crippen LogP) is 2.26. The van der Waals surface area contributed by atoms with Crippen molar-refractivity contribution in [2.45, 2.75) is 19.0 Å². The molecule has 2 atom stereocenters. The van der Waals surface area contributed by atoms with Crippen LogP contribution in [0.1, 0.15) is 35.8 Å². The maximum atomic E-state index is 6.37. The third-order valence-corrected chi connectivity index (χ3v) is 3.59. The molecule has 5 heteroatoms. The summed E-state index contributed by atoms with van der Waals surface area (Å²) in [5.41, 5.74) is 9.54. The van der Waals surface area contributed by atoms with Crippen LogP contribution in [-0.4, -0.2) is 19.7 Å². The van der Waals surface area contributed by atoms with Crippen molar-refractivity contribution < 1.29 is 0 Å². The van der Waals surface area contributed by atoms with Gasteiger partial charge in [-0.1, -0.05) is 30.3 Å². The van der Waals surface area contributed by atoms with Crippen LogP contribution < -0.4 is 5.73 Å². The van der Waals surface area contributed by atoms with Crippen molar-refractivity contribution in [3.8, 4) is 0 Å². The topological polar surface area (TPSA) is 72.5 Å². The Balaban J connectivity index is 1.94. The molecule has 0 bridgehead atoms. The van der Waals surface area contributed by atoms with Crippen molar-refractivity contribution in [3.63, 3.8) is 0 Å². The molecule has 0 saturated heterocycles. The first-order valence-corrected chi connectivity index (χ1v) is 6.58. The molecular weight excluding hydrogens is 250 g/mol. The Kier molecular flexibility index (Phi) is 3.35. The number of rotatable bonds is 4. The summed E-state index contributed by atoms with van der Waals surface area (Å²) < 4.78 is 2.09. The third-order valence-electron chi connectivity index (χ3n) is 3.59. The van der Waals surface area contributed by atoms with Gasteiger partial charge in [0.1, 0.15) is 0 Å². The SMILES string of the molecule is CC(c1cn[nH]c1)n1cncc1C(N)c1ccccc1. The van der Waals surface area contributed by atoms with Gasteiger partial charge in [-0.25, -0.2) is 4.98 Å². The molecule has 1 aromatic carbocycles. The first-order valence-electron chi connectivity index (χ1n) is 6.58. The minimum atomic E-state index is -0.187. The number of nitrogens with two attached hydrogens (primary N) is 1. The number of aromatic nitrogens is 4. The van der Waals surface area contributed by atoms with E-state index < -0.39 is 0 Å². The Morgan fingerprint density at radius 3 is 2.65 bits per heavy atom. The van der Waals surface area contributed by atoms with E-state index in [1.165, 1.54) is 0 Å². The second-order valence-corrected chi connectivity index (χ2v) is 4.82. The molecule has 0 aliphatic heterocycles. The van der Waals surface area contributed by atoms with E-state index >= 15 is 0 Å². The molecular formula is C15H17N5. The highest BCUT2D eigenvalue weighted by Crippen LogP contribution is 2.24. The first-order chi connectivity index (χ1) is 9.77. The van der Waals surface area contributed by atoms with Gasteiger partial charge in [0, 0.05) is 11.8 Å². The minimum Gasteiger partial charge on any atom is -0.325 e. The molecule has 5 nitrogen and oxygen atoms in total. The quantitative estimate of drug-likeness (QED) is 0.761. The van der Waals surface area contributed by atoms with E-state index in [2.05, 4.69) is 26.7 Å².